The lowest BCUT2D eigenvalue weighted by Crippen LogP contribution is -2.33. The number of hydrogen-bond acceptors (Lipinski definition) is 6. The first kappa shape index (κ1) is 23.0. The third-order valence-corrected chi connectivity index (χ3v) is 6.10. The van der Waals surface area contributed by atoms with E-state index in [0.717, 1.165) is 26.9 Å². The number of esters is 1. The van der Waals surface area contributed by atoms with Crippen LogP contribution >= 0.6 is 15.9 Å². The third kappa shape index (κ3) is 5.10. The van der Waals surface area contributed by atoms with E-state index in [0.29, 0.717) is 24.3 Å². The molecule has 0 bridgehead atoms. The summed E-state index contributed by atoms with van der Waals surface area (Å²) in [5, 5.41) is 14.4. The molecule has 3 aromatic rings. The van der Waals surface area contributed by atoms with Gasteiger partial charge in [-0.3, -0.25) is 10.3 Å². The van der Waals surface area contributed by atoms with E-state index in [-0.39, 0.29) is 23.9 Å². The predicted octanol–water partition coefficient (Wildman–Crippen LogP) is 5.56. The summed E-state index contributed by atoms with van der Waals surface area (Å²) in [5.74, 6) is 0.213. The number of ether oxygens (including phenoxy) is 2. The molecule has 0 aromatic heterocycles. The highest BCUT2D eigenvalue weighted by molar-refractivity contribution is 9.10. The second-order valence-electron chi connectivity index (χ2n) is 7.65. The van der Waals surface area contributed by atoms with E-state index >= 15 is 0 Å². The lowest BCUT2D eigenvalue weighted by atomic mass is 9.93. The van der Waals surface area contributed by atoms with Gasteiger partial charge in [0.2, 0.25) is 0 Å². The zero-order valence-corrected chi connectivity index (χ0v) is 20.0. The van der Waals surface area contributed by atoms with Crippen molar-refractivity contribution in [2.24, 2.45) is 4.99 Å². The van der Waals surface area contributed by atoms with Crippen molar-refractivity contribution in [3.8, 4) is 11.5 Å². The van der Waals surface area contributed by atoms with Gasteiger partial charge in [-0.25, -0.2) is 4.79 Å². The second-order valence-corrected chi connectivity index (χ2v) is 8.56. The summed E-state index contributed by atoms with van der Waals surface area (Å²) in [6, 6.07) is 20.6. The molecule has 7 heteroatoms. The van der Waals surface area contributed by atoms with Crippen molar-refractivity contribution in [2.75, 3.05) is 13.7 Å². The van der Waals surface area contributed by atoms with Crippen LogP contribution in [0.3, 0.4) is 0 Å². The zero-order valence-electron chi connectivity index (χ0n) is 18.4. The van der Waals surface area contributed by atoms with Gasteiger partial charge < -0.3 is 14.6 Å². The lowest BCUT2D eigenvalue weighted by Gasteiger charge is -2.31. The number of nitrogens with one attached hydrogen (secondary N) is 1. The van der Waals surface area contributed by atoms with E-state index in [4.69, 9.17) is 14.5 Å². The molecule has 33 heavy (non-hydrogen) atoms. The number of phenols is 1. The van der Waals surface area contributed by atoms with Gasteiger partial charge in [-0.2, -0.15) is 0 Å². The smallest absolute Gasteiger partial charge is 0.337 e. The second kappa shape index (κ2) is 10.2. The quantitative estimate of drug-likeness (QED) is 0.426. The fourth-order valence-electron chi connectivity index (χ4n) is 3.91. The Balaban J connectivity index is 1.72. The Hall–Kier alpha value is -3.16. The SMILES string of the molecule is CCOc1cccc([C@@H]2CC(c3ccc(Br)cc3)=N[C@H](c3ccc(C(=O)OC)cc3)N2)c1O. The standard InChI is InChI=1S/C26H25BrN2O4/c1-3-33-23-6-4-5-20(24(23)30)22-15-21(16-11-13-19(27)14-12-16)28-25(29-22)17-7-9-18(10-8-17)26(31)32-2/h4-14,22,25,29-30H,3,15H2,1-2H3/t22-,25-/m0/s1. The number of methoxy groups -OCH3 is 1. The van der Waals surface area contributed by atoms with Crippen molar-refractivity contribution in [1.82, 2.24) is 5.32 Å². The Morgan fingerprint density at radius 2 is 1.85 bits per heavy atom. The fourth-order valence-corrected chi connectivity index (χ4v) is 4.17. The predicted molar refractivity (Wildman–Crippen MR) is 131 cm³/mol. The molecule has 0 fully saturated rings. The summed E-state index contributed by atoms with van der Waals surface area (Å²) in [7, 11) is 1.36. The monoisotopic (exact) mass is 508 g/mol. The van der Waals surface area contributed by atoms with E-state index in [1.807, 2.05) is 55.5 Å². The maximum atomic E-state index is 11.8. The first-order valence-electron chi connectivity index (χ1n) is 10.7. The zero-order chi connectivity index (χ0) is 23.4. The van der Waals surface area contributed by atoms with Gasteiger partial charge in [0, 0.05) is 28.2 Å². The highest BCUT2D eigenvalue weighted by atomic mass is 79.9. The molecule has 3 aromatic carbocycles. The molecular formula is C26H25BrN2O4. The molecule has 170 valence electrons. The van der Waals surface area contributed by atoms with Crippen LogP contribution in [-0.4, -0.2) is 30.5 Å². The summed E-state index contributed by atoms with van der Waals surface area (Å²) in [5.41, 5.74) is 4.08. The number of carbonyl (C=O) groups is 1. The van der Waals surface area contributed by atoms with Crippen LogP contribution in [0.4, 0.5) is 0 Å². The molecule has 0 saturated carbocycles. The molecule has 0 spiro atoms. The van der Waals surface area contributed by atoms with Crippen LogP contribution in [0.5, 0.6) is 11.5 Å². The van der Waals surface area contributed by atoms with E-state index in [1.54, 1.807) is 18.2 Å². The van der Waals surface area contributed by atoms with Gasteiger partial charge >= 0.3 is 5.97 Å². The number of rotatable bonds is 6. The number of phenolic OH excluding ortho intramolecular Hbond substituents is 1. The van der Waals surface area contributed by atoms with Crippen LogP contribution in [0.15, 0.2) is 76.2 Å². The molecule has 2 N–H and O–H groups in total. The highest BCUT2D eigenvalue weighted by Crippen LogP contribution is 2.39. The van der Waals surface area contributed by atoms with Crippen LogP contribution in [0.25, 0.3) is 0 Å². The Bertz CT molecular complexity index is 1160. The molecule has 1 aliphatic heterocycles. The van der Waals surface area contributed by atoms with Crippen LogP contribution in [0.1, 0.15) is 52.6 Å². The molecule has 2 atom stereocenters. The largest absolute Gasteiger partial charge is 0.504 e. The van der Waals surface area contributed by atoms with E-state index in [9.17, 15) is 9.90 Å². The number of benzene rings is 3. The van der Waals surface area contributed by atoms with Gasteiger partial charge in [-0.05, 0) is 48.4 Å². The molecule has 0 amide bonds. The third-order valence-electron chi connectivity index (χ3n) is 5.57. The number of carbonyl (C=O) groups excluding carboxylic acids is 1. The average Bonchev–Trinajstić information content (AvgIpc) is 2.85. The van der Waals surface area contributed by atoms with Crippen LogP contribution in [0.2, 0.25) is 0 Å². The van der Waals surface area contributed by atoms with E-state index in [2.05, 4.69) is 21.2 Å². The molecule has 0 aliphatic carbocycles. The maximum absolute atomic E-state index is 11.8. The summed E-state index contributed by atoms with van der Waals surface area (Å²) < 4.78 is 11.4. The molecule has 0 radical (unpaired) electrons. The normalized spacial score (nSPS) is 17.8. The summed E-state index contributed by atoms with van der Waals surface area (Å²) >= 11 is 3.49. The Morgan fingerprint density at radius 1 is 1.12 bits per heavy atom. The minimum atomic E-state index is -0.382. The maximum Gasteiger partial charge on any atom is 0.337 e. The van der Waals surface area contributed by atoms with Gasteiger partial charge in [0.1, 0.15) is 6.17 Å². The van der Waals surface area contributed by atoms with Crippen molar-refractivity contribution in [3.05, 3.63) is 93.5 Å². The molecule has 0 saturated heterocycles. The van der Waals surface area contributed by atoms with Gasteiger partial charge in [0.05, 0.1) is 19.3 Å². The number of hydrogen-bond donors (Lipinski definition) is 2. The minimum Gasteiger partial charge on any atom is -0.504 e. The van der Waals surface area contributed by atoms with E-state index in [1.165, 1.54) is 7.11 Å². The van der Waals surface area contributed by atoms with Crippen molar-refractivity contribution >= 4 is 27.6 Å². The molecule has 4 rings (SSSR count). The number of aromatic hydroxyl groups is 1. The first-order chi connectivity index (χ1) is 16.0. The average molecular weight is 509 g/mol. The molecule has 1 heterocycles. The van der Waals surface area contributed by atoms with Crippen molar-refractivity contribution in [1.29, 1.82) is 0 Å². The number of halogens is 1. The summed E-state index contributed by atoms with van der Waals surface area (Å²) in [6.07, 6.45) is 0.242. The van der Waals surface area contributed by atoms with Crippen molar-refractivity contribution < 1.29 is 19.4 Å². The van der Waals surface area contributed by atoms with Crippen molar-refractivity contribution in [2.45, 2.75) is 25.6 Å². The van der Waals surface area contributed by atoms with E-state index < -0.39 is 0 Å². The Labute approximate surface area is 201 Å². The van der Waals surface area contributed by atoms with Crippen LogP contribution in [0, 0.1) is 0 Å². The minimum absolute atomic E-state index is 0.133. The molecule has 6 nitrogen and oxygen atoms in total. The number of nitrogens with zero attached hydrogens (tertiary/aromatic N) is 1. The molecule has 1 aliphatic rings. The van der Waals surface area contributed by atoms with Crippen LogP contribution < -0.4 is 10.1 Å². The highest BCUT2D eigenvalue weighted by Gasteiger charge is 2.28. The Morgan fingerprint density at radius 3 is 2.52 bits per heavy atom. The fraction of sp³-hybridized carbons (Fsp3) is 0.231. The molecular weight excluding hydrogens is 484 g/mol. The van der Waals surface area contributed by atoms with Crippen molar-refractivity contribution in [3.63, 3.8) is 0 Å². The van der Waals surface area contributed by atoms with Gasteiger partial charge in [-0.15, -0.1) is 0 Å². The summed E-state index contributed by atoms with van der Waals surface area (Å²) in [4.78, 5) is 16.8. The van der Waals surface area contributed by atoms with Crippen LogP contribution in [-0.2, 0) is 4.74 Å². The first-order valence-corrected chi connectivity index (χ1v) is 11.5. The van der Waals surface area contributed by atoms with Gasteiger partial charge in [-0.1, -0.05) is 52.3 Å². The number of para-hydroxylation sites is 1. The lowest BCUT2D eigenvalue weighted by molar-refractivity contribution is 0.0600. The number of aliphatic imine (C=N–C) groups is 1. The van der Waals surface area contributed by atoms with Gasteiger partial charge in [0.15, 0.2) is 11.5 Å². The topological polar surface area (TPSA) is 80.2 Å². The molecule has 0 unspecified atom stereocenters. The summed E-state index contributed by atoms with van der Waals surface area (Å²) in [6.45, 7) is 2.35. The van der Waals surface area contributed by atoms with Gasteiger partial charge in [0.25, 0.3) is 0 Å². The Kier molecular flexibility index (Phi) is 7.11.